The fourth-order valence-electron chi connectivity index (χ4n) is 2.59. The number of rotatable bonds is 6. The molecule has 0 saturated carbocycles. The van der Waals surface area contributed by atoms with E-state index in [-0.39, 0.29) is 11.8 Å². The van der Waals surface area contributed by atoms with Gasteiger partial charge in [0.25, 0.3) is 0 Å². The van der Waals surface area contributed by atoms with Gasteiger partial charge in [-0.25, -0.2) is 9.78 Å². The van der Waals surface area contributed by atoms with Gasteiger partial charge in [0.05, 0.1) is 12.3 Å². The molecule has 0 bridgehead atoms. The van der Waals surface area contributed by atoms with Crippen LogP contribution >= 0.6 is 11.6 Å². The number of aryl methyl sites for hydroxylation is 2. The average Bonchev–Trinajstić information content (AvgIpc) is 2.67. The van der Waals surface area contributed by atoms with Crippen LogP contribution in [-0.4, -0.2) is 21.1 Å². The van der Waals surface area contributed by atoms with Crippen molar-refractivity contribution in [2.75, 3.05) is 10.6 Å². The third-order valence-electron chi connectivity index (χ3n) is 3.96. The second kappa shape index (κ2) is 9.12. The fraction of sp³-hybridized carbons (Fsp3) is 0.150. The van der Waals surface area contributed by atoms with Gasteiger partial charge in [-0.2, -0.15) is 0 Å². The summed E-state index contributed by atoms with van der Waals surface area (Å²) in [5, 5.41) is 15.0. The van der Waals surface area contributed by atoms with E-state index in [1.165, 1.54) is 17.8 Å². The van der Waals surface area contributed by atoms with Crippen molar-refractivity contribution in [2.45, 2.75) is 19.4 Å². The standard InChI is InChI=1S/C20H19ClN4O2/c21-19-11-18(15(13-26)12-23-19)25-20(27)24-17-8-9-22-16(10-17)7-6-14-4-2-1-3-5-14/h1-5,8-12,26H,6-7,13H2,(H2,22,23,24,25,27). The summed E-state index contributed by atoms with van der Waals surface area (Å²) >= 11 is 5.85. The maximum atomic E-state index is 12.3. The van der Waals surface area contributed by atoms with Crippen molar-refractivity contribution in [3.8, 4) is 0 Å². The average molecular weight is 383 g/mol. The van der Waals surface area contributed by atoms with Crippen molar-refractivity contribution >= 4 is 29.0 Å². The lowest BCUT2D eigenvalue weighted by Crippen LogP contribution is -2.20. The minimum Gasteiger partial charge on any atom is -0.392 e. The molecule has 0 radical (unpaired) electrons. The number of aliphatic hydroxyl groups excluding tert-OH is 1. The molecule has 1 aromatic carbocycles. The molecular formula is C20H19ClN4O2. The van der Waals surface area contributed by atoms with Crippen LogP contribution in [-0.2, 0) is 19.4 Å². The number of aromatic nitrogens is 2. The number of aliphatic hydroxyl groups is 1. The third-order valence-corrected chi connectivity index (χ3v) is 4.17. The summed E-state index contributed by atoms with van der Waals surface area (Å²) in [5.74, 6) is 0. The van der Waals surface area contributed by atoms with Gasteiger partial charge < -0.3 is 15.7 Å². The molecule has 138 valence electrons. The zero-order valence-electron chi connectivity index (χ0n) is 14.5. The zero-order chi connectivity index (χ0) is 19.1. The maximum absolute atomic E-state index is 12.3. The molecule has 3 N–H and O–H groups in total. The van der Waals surface area contributed by atoms with Crippen LogP contribution in [0.1, 0.15) is 16.8 Å². The van der Waals surface area contributed by atoms with Crippen molar-refractivity contribution < 1.29 is 9.90 Å². The molecule has 0 aliphatic rings. The van der Waals surface area contributed by atoms with Gasteiger partial charge >= 0.3 is 6.03 Å². The Bertz CT molecular complexity index is 919. The van der Waals surface area contributed by atoms with Crippen LogP contribution < -0.4 is 10.6 Å². The van der Waals surface area contributed by atoms with Gasteiger partial charge in [-0.3, -0.25) is 4.98 Å². The molecule has 0 fully saturated rings. The molecule has 0 saturated heterocycles. The Morgan fingerprint density at radius 1 is 1.04 bits per heavy atom. The first-order chi connectivity index (χ1) is 13.1. The summed E-state index contributed by atoms with van der Waals surface area (Å²) in [6.07, 6.45) is 4.74. The quantitative estimate of drug-likeness (QED) is 0.561. The second-order valence-electron chi connectivity index (χ2n) is 5.92. The molecule has 0 aliphatic carbocycles. The number of carbonyl (C=O) groups excluding carboxylic acids is 1. The van der Waals surface area contributed by atoms with E-state index in [9.17, 15) is 9.90 Å². The maximum Gasteiger partial charge on any atom is 0.323 e. The number of hydrogen-bond donors (Lipinski definition) is 3. The number of urea groups is 1. The molecule has 7 heteroatoms. The Labute approximate surface area is 162 Å². The highest BCUT2D eigenvalue weighted by atomic mass is 35.5. The number of nitrogens with one attached hydrogen (secondary N) is 2. The first kappa shape index (κ1) is 18.8. The molecule has 27 heavy (non-hydrogen) atoms. The summed E-state index contributed by atoms with van der Waals surface area (Å²) in [5.41, 5.74) is 3.65. The van der Waals surface area contributed by atoms with Gasteiger partial charge in [-0.15, -0.1) is 0 Å². The SMILES string of the molecule is O=C(Nc1ccnc(CCc2ccccc2)c1)Nc1cc(Cl)ncc1CO. The van der Waals surface area contributed by atoms with E-state index >= 15 is 0 Å². The molecule has 2 heterocycles. The number of amides is 2. The highest BCUT2D eigenvalue weighted by Gasteiger charge is 2.09. The predicted molar refractivity (Wildman–Crippen MR) is 106 cm³/mol. The normalized spacial score (nSPS) is 10.4. The first-order valence-electron chi connectivity index (χ1n) is 8.46. The van der Waals surface area contributed by atoms with Gasteiger partial charge in [0.2, 0.25) is 0 Å². The highest BCUT2D eigenvalue weighted by molar-refractivity contribution is 6.29. The number of nitrogens with zero attached hydrogens (tertiary/aromatic N) is 2. The Hall–Kier alpha value is -2.96. The molecular weight excluding hydrogens is 364 g/mol. The summed E-state index contributed by atoms with van der Waals surface area (Å²) < 4.78 is 0. The zero-order valence-corrected chi connectivity index (χ0v) is 15.3. The monoisotopic (exact) mass is 382 g/mol. The topological polar surface area (TPSA) is 87.1 Å². The van der Waals surface area contributed by atoms with Crippen LogP contribution in [0.5, 0.6) is 0 Å². The molecule has 0 unspecified atom stereocenters. The van der Waals surface area contributed by atoms with E-state index in [1.54, 1.807) is 12.3 Å². The smallest absolute Gasteiger partial charge is 0.323 e. The number of anilines is 2. The molecule has 0 atom stereocenters. The predicted octanol–water partition coefficient (Wildman–Crippen LogP) is 4.05. The number of pyridine rings is 2. The summed E-state index contributed by atoms with van der Waals surface area (Å²) in [6, 6.07) is 14.8. The van der Waals surface area contributed by atoms with E-state index in [4.69, 9.17) is 11.6 Å². The Morgan fingerprint density at radius 2 is 1.85 bits per heavy atom. The molecule has 6 nitrogen and oxygen atoms in total. The molecule has 0 aliphatic heterocycles. The minimum atomic E-state index is -0.438. The lowest BCUT2D eigenvalue weighted by Gasteiger charge is -2.11. The minimum absolute atomic E-state index is 0.231. The van der Waals surface area contributed by atoms with Crippen molar-refractivity contribution in [1.29, 1.82) is 0 Å². The van der Waals surface area contributed by atoms with Gasteiger partial charge in [0.1, 0.15) is 5.15 Å². The van der Waals surface area contributed by atoms with Crippen molar-refractivity contribution in [3.63, 3.8) is 0 Å². The first-order valence-corrected chi connectivity index (χ1v) is 8.84. The van der Waals surface area contributed by atoms with Crippen LogP contribution in [0, 0.1) is 0 Å². The number of benzene rings is 1. The molecule has 2 amide bonds. The van der Waals surface area contributed by atoms with E-state index in [1.807, 2.05) is 24.3 Å². The lowest BCUT2D eigenvalue weighted by atomic mass is 10.1. The largest absolute Gasteiger partial charge is 0.392 e. The van der Waals surface area contributed by atoms with Crippen LogP contribution in [0.2, 0.25) is 5.15 Å². The van der Waals surface area contributed by atoms with Crippen LogP contribution in [0.4, 0.5) is 16.2 Å². The Balaban J connectivity index is 1.62. The lowest BCUT2D eigenvalue weighted by molar-refractivity contribution is 0.262. The molecule has 2 aromatic heterocycles. The van der Waals surface area contributed by atoms with Crippen molar-refractivity contribution in [2.24, 2.45) is 0 Å². The molecule has 3 aromatic rings. The number of halogens is 1. The van der Waals surface area contributed by atoms with E-state index < -0.39 is 6.03 Å². The van der Waals surface area contributed by atoms with Crippen LogP contribution in [0.15, 0.2) is 60.9 Å². The molecule has 0 spiro atoms. The van der Waals surface area contributed by atoms with E-state index in [0.717, 1.165) is 18.5 Å². The number of hydrogen-bond acceptors (Lipinski definition) is 4. The van der Waals surface area contributed by atoms with Gasteiger partial charge in [0.15, 0.2) is 0 Å². The van der Waals surface area contributed by atoms with Gasteiger partial charge in [-0.05, 0) is 36.6 Å². The summed E-state index contributed by atoms with van der Waals surface area (Å²) in [7, 11) is 0. The van der Waals surface area contributed by atoms with Gasteiger partial charge in [0, 0.05) is 29.3 Å². The summed E-state index contributed by atoms with van der Waals surface area (Å²) in [6.45, 7) is -0.251. The van der Waals surface area contributed by atoms with Crippen LogP contribution in [0.3, 0.4) is 0 Å². The van der Waals surface area contributed by atoms with E-state index in [2.05, 4.69) is 32.7 Å². The Morgan fingerprint density at radius 3 is 2.63 bits per heavy atom. The van der Waals surface area contributed by atoms with Gasteiger partial charge in [-0.1, -0.05) is 41.9 Å². The molecule has 3 rings (SSSR count). The van der Waals surface area contributed by atoms with E-state index in [0.29, 0.717) is 16.9 Å². The summed E-state index contributed by atoms with van der Waals surface area (Å²) in [4.78, 5) is 20.5. The second-order valence-corrected chi connectivity index (χ2v) is 6.31. The van der Waals surface area contributed by atoms with Crippen molar-refractivity contribution in [3.05, 3.63) is 82.9 Å². The number of carbonyl (C=O) groups is 1. The fourth-order valence-corrected chi connectivity index (χ4v) is 2.75. The van der Waals surface area contributed by atoms with Crippen molar-refractivity contribution in [1.82, 2.24) is 9.97 Å². The third kappa shape index (κ3) is 5.51. The Kier molecular flexibility index (Phi) is 6.35. The highest BCUT2D eigenvalue weighted by Crippen LogP contribution is 2.19. The van der Waals surface area contributed by atoms with Crippen LogP contribution in [0.25, 0.3) is 0 Å².